The van der Waals surface area contributed by atoms with E-state index in [1.165, 1.54) is 0 Å². The Hall–Kier alpha value is -2.38. The molecule has 2 aromatic rings. The number of amides is 1. The zero-order valence-corrected chi connectivity index (χ0v) is 12.0. The fourth-order valence-corrected chi connectivity index (χ4v) is 2.46. The van der Waals surface area contributed by atoms with Crippen molar-refractivity contribution < 1.29 is 13.6 Å². The molecule has 0 spiro atoms. The number of nitrogens with zero attached hydrogens (tertiary/aromatic N) is 4. The third-order valence-electron chi connectivity index (χ3n) is 3.58. The number of rotatable bonds is 3. The van der Waals surface area contributed by atoms with Crippen LogP contribution in [0.25, 0.3) is 0 Å². The lowest BCUT2D eigenvalue weighted by atomic mass is 10.1. The van der Waals surface area contributed by atoms with Crippen LogP contribution in [0.1, 0.15) is 35.5 Å². The van der Waals surface area contributed by atoms with Crippen LogP contribution in [-0.2, 0) is 19.4 Å². The molecule has 0 aromatic carbocycles. The number of hydrogen-bond acceptors (Lipinski definition) is 4. The summed E-state index contributed by atoms with van der Waals surface area (Å²) in [5, 5.41) is 7.05. The summed E-state index contributed by atoms with van der Waals surface area (Å²) in [5.41, 5.74) is -0.403. The Labute approximate surface area is 125 Å². The van der Waals surface area contributed by atoms with Gasteiger partial charge in [-0.25, -0.2) is 23.4 Å². The summed E-state index contributed by atoms with van der Waals surface area (Å²) in [6.07, 6.45) is 2.96. The molecule has 6 nitrogen and oxygen atoms in total. The monoisotopic (exact) mass is 307 g/mol. The number of halogens is 2. The van der Waals surface area contributed by atoms with Gasteiger partial charge < -0.3 is 5.32 Å². The van der Waals surface area contributed by atoms with Crippen LogP contribution >= 0.6 is 0 Å². The topological polar surface area (TPSA) is 72.7 Å². The Bertz CT molecular complexity index is 715. The van der Waals surface area contributed by atoms with Crippen molar-refractivity contribution in [2.45, 2.75) is 38.8 Å². The lowest BCUT2D eigenvalue weighted by Gasteiger charge is -2.23. The summed E-state index contributed by atoms with van der Waals surface area (Å²) in [5.74, 6) is -0.766. The van der Waals surface area contributed by atoms with Gasteiger partial charge in [-0.05, 0) is 6.42 Å². The second kappa shape index (κ2) is 5.78. The van der Waals surface area contributed by atoms with E-state index >= 15 is 0 Å². The molecular formula is C14H15F2N5O. The smallest absolute Gasteiger partial charge is 0.273 e. The SMILES string of the molecule is CCc1nc2n(n1)CC(NC(=O)c1ncc(F)cc1F)CC2. The fourth-order valence-electron chi connectivity index (χ4n) is 2.46. The van der Waals surface area contributed by atoms with Crippen molar-refractivity contribution in [3.63, 3.8) is 0 Å². The number of hydrogen-bond donors (Lipinski definition) is 1. The molecule has 0 saturated carbocycles. The van der Waals surface area contributed by atoms with Crippen LogP contribution < -0.4 is 5.32 Å². The number of aryl methyl sites for hydroxylation is 2. The predicted molar refractivity (Wildman–Crippen MR) is 73.1 cm³/mol. The average molecular weight is 307 g/mol. The molecule has 1 unspecified atom stereocenters. The normalized spacial score (nSPS) is 17.1. The van der Waals surface area contributed by atoms with Crippen LogP contribution in [-0.4, -0.2) is 31.7 Å². The maximum Gasteiger partial charge on any atom is 0.273 e. The largest absolute Gasteiger partial charge is 0.346 e. The quantitative estimate of drug-likeness (QED) is 0.926. The molecule has 1 N–H and O–H groups in total. The Morgan fingerprint density at radius 3 is 3.05 bits per heavy atom. The van der Waals surface area contributed by atoms with E-state index in [2.05, 4.69) is 20.4 Å². The summed E-state index contributed by atoms with van der Waals surface area (Å²) < 4.78 is 28.1. The maximum atomic E-state index is 13.6. The summed E-state index contributed by atoms with van der Waals surface area (Å²) in [7, 11) is 0. The molecule has 2 aromatic heterocycles. The van der Waals surface area contributed by atoms with E-state index in [4.69, 9.17) is 0 Å². The summed E-state index contributed by atoms with van der Waals surface area (Å²) in [6, 6.07) is 0.462. The first-order chi connectivity index (χ1) is 10.6. The minimum absolute atomic E-state index is 0.183. The third-order valence-corrected chi connectivity index (χ3v) is 3.58. The van der Waals surface area contributed by atoms with E-state index in [0.29, 0.717) is 25.5 Å². The Morgan fingerprint density at radius 2 is 2.32 bits per heavy atom. The zero-order valence-electron chi connectivity index (χ0n) is 12.0. The van der Waals surface area contributed by atoms with Crippen molar-refractivity contribution in [1.29, 1.82) is 0 Å². The summed E-state index contributed by atoms with van der Waals surface area (Å²) in [6.45, 7) is 2.46. The number of nitrogens with one attached hydrogen (secondary N) is 1. The van der Waals surface area contributed by atoms with Crippen LogP contribution in [0, 0.1) is 11.6 Å². The first-order valence-electron chi connectivity index (χ1n) is 7.11. The minimum Gasteiger partial charge on any atom is -0.346 e. The van der Waals surface area contributed by atoms with Crippen molar-refractivity contribution in [2.75, 3.05) is 0 Å². The van der Waals surface area contributed by atoms with Gasteiger partial charge in [0.05, 0.1) is 12.7 Å². The average Bonchev–Trinajstić information content (AvgIpc) is 2.89. The van der Waals surface area contributed by atoms with Gasteiger partial charge in [0.2, 0.25) is 0 Å². The van der Waals surface area contributed by atoms with Crippen LogP contribution in [0.5, 0.6) is 0 Å². The molecule has 1 aliphatic rings. The molecule has 1 atom stereocenters. The van der Waals surface area contributed by atoms with Crippen molar-refractivity contribution in [1.82, 2.24) is 25.1 Å². The number of carbonyl (C=O) groups excluding carboxylic acids is 1. The van der Waals surface area contributed by atoms with Crippen LogP contribution in [0.15, 0.2) is 12.3 Å². The highest BCUT2D eigenvalue weighted by molar-refractivity contribution is 5.92. The zero-order chi connectivity index (χ0) is 15.7. The van der Waals surface area contributed by atoms with Crippen molar-refractivity contribution in [3.8, 4) is 0 Å². The first kappa shape index (κ1) is 14.6. The van der Waals surface area contributed by atoms with Gasteiger partial charge in [-0.15, -0.1) is 0 Å². The third kappa shape index (κ3) is 2.81. The van der Waals surface area contributed by atoms with E-state index in [0.717, 1.165) is 24.3 Å². The highest BCUT2D eigenvalue weighted by Crippen LogP contribution is 2.14. The molecule has 3 rings (SSSR count). The van der Waals surface area contributed by atoms with Gasteiger partial charge in [0.15, 0.2) is 17.3 Å². The standard InChI is InChI=1S/C14H15F2N5O/c1-2-11-19-12-4-3-9(7-21(12)20-11)18-14(22)13-10(16)5-8(15)6-17-13/h5-6,9H,2-4,7H2,1H3,(H,18,22). The Kier molecular flexibility index (Phi) is 3.82. The molecular weight excluding hydrogens is 292 g/mol. The van der Waals surface area contributed by atoms with Gasteiger partial charge >= 0.3 is 0 Å². The highest BCUT2D eigenvalue weighted by Gasteiger charge is 2.24. The molecule has 22 heavy (non-hydrogen) atoms. The van der Waals surface area contributed by atoms with Crippen LogP contribution in [0.4, 0.5) is 8.78 Å². The summed E-state index contributed by atoms with van der Waals surface area (Å²) in [4.78, 5) is 19.9. The van der Waals surface area contributed by atoms with Gasteiger partial charge in [0.25, 0.3) is 5.91 Å². The second-order valence-electron chi connectivity index (χ2n) is 5.17. The molecule has 1 amide bonds. The van der Waals surface area contributed by atoms with Crippen molar-refractivity contribution in [2.24, 2.45) is 0 Å². The number of pyridine rings is 1. The second-order valence-corrected chi connectivity index (χ2v) is 5.17. The first-order valence-corrected chi connectivity index (χ1v) is 7.11. The maximum absolute atomic E-state index is 13.6. The van der Waals surface area contributed by atoms with Gasteiger partial charge in [-0.1, -0.05) is 6.92 Å². The number of aromatic nitrogens is 4. The van der Waals surface area contributed by atoms with Crippen LogP contribution in [0.3, 0.4) is 0 Å². The van der Waals surface area contributed by atoms with Crippen molar-refractivity contribution in [3.05, 3.63) is 41.2 Å². The highest BCUT2D eigenvalue weighted by atomic mass is 19.1. The Balaban J connectivity index is 1.70. The molecule has 0 fully saturated rings. The van der Waals surface area contributed by atoms with E-state index in [9.17, 15) is 13.6 Å². The Morgan fingerprint density at radius 1 is 1.50 bits per heavy atom. The van der Waals surface area contributed by atoms with Gasteiger partial charge in [-0.3, -0.25) is 4.79 Å². The number of carbonyl (C=O) groups is 1. The van der Waals surface area contributed by atoms with Gasteiger partial charge in [-0.2, -0.15) is 5.10 Å². The predicted octanol–water partition coefficient (Wildman–Crippen LogP) is 1.26. The molecule has 0 radical (unpaired) electrons. The molecule has 116 valence electrons. The fraction of sp³-hybridized carbons (Fsp3) is 0.429. The van der Waals surface area contributed by atoms with E-state index < -0.39 is 23.2 Å². The van der Waals surface area contributed by atoms with E-state index in [-0.39, 0.29) is 6.04 Å². The molecule has 0 aliphatic carbocycles. The van der Waals surface area contributed by atoms with Crippen LogP contribution in [0.2, 0.25) is 0 Å². The molecule has 1 aliphatic heterocycles. The minimum atomic E-state index is -0.969. The lowest BCUT2D eigenvalue weighted by Crippen LogP contribution is -2.41. The summed E-state index contributed by atoms with van der Waals surface area (Å²) >= 11 is 0. The molecule has 0 bridgehead atoms. The van der Waals surface area contributed by atoms with Gasteiger partial charge in [0.1, 0.15) is 11.6 Å². The van der Waals surface area contributed by atoms with Crippen molar-refractivity contribution >= 4 is 5.91 Å². The van der Waals surface area contributed by atoms with E-state index in [1.807, 2.05) is 6.92 Å². The van der Waals surface area contributed by atoms with Gasteiger partial charge in [0, 0.05) is 24.9 Å². The molecule has 0 saturated heterocycles. The lowest BCUT2D eigenvalue weighted by molar-refractivity contribution is 0.0916. The van der Waals surface area contributed by atoms with E-state index in [1.54, 1.807) is 4.68 Å². The molecule has 8 heteroatoms. The molecule has 3 heterocycles. The number of fused-ring (bicyclic) bond motifs is 1.